The van der Waals surface area contributed by atoms with Gasteiger partial charge in [-0.1, -0.05) is 0 Å². The normalized spacial score (nSPS) is 28.7. The summed E-state index contributed by atoms with van der Waals surface area (Å²) >= 11 is 1.72. The van der Waals surface area contributed by atoms with Crippen LogP contribution in [0.25, 0.3) is 0 Å². The molecule has 4 heteroatoms. The predicted octanol–water partition coefficient (Wildman–Crippen LogP) is 1.19. The zero-order valence-electron chi connectivity index (χ0n) is 8.01. The van der Waals surface area contributed by atoms with E-state index in [1.807, 2.05) is 6.26 Å². The van der Waals surface area contributed by atoms with E-state index in [1.165, 1.54) is 0 Å². The highest BCUT2D eigenvalue weighted by Gasteiger charge is 2.38. The van der Waals surface area contributed by atoms with Gasteiger partial charge in [0, 0.05) is 6.54 Å². The first-order chi connectivity index (χ1) is 6.21. The van der Waals surface area contributed by atoms with E-state index in [1.54, 1.807) is 11.8 Å². The lowest BCUT2D eigenvalue weighted by molar-refractivity contribution is -0.150. The standard InChI is InChI=1S/C9H17NO2S/c1-13-6-4-9(8(11)12)3-2-5-10-7-9/h10H,2-7H2,1H3,(H,11,12). The van der Waals surface area contributed by atoms with Gasteiger partial charge in [0.1, 0.15) is 0 Å². The first kappa shape index (κ1) is 10.9. The third kappa shape index (κ3) is 2.61. The van der Waals surface area contributed by atoms with Gasteiger partial charge in [0.25, 0.3) is 0 Å². The number of nitrogens with one attached hydrogen (secondary N) is 1. The van der Waals surface area contributed by atoms with Gasteiger partial charge in [-0.15, -0.1) is 0 Å². The number of rotatable bonds is 4. The van der Waals surface area contributed by atoms with Gasteiger partial charge < -0.3 is 10.4 Å². The molecule has 0 radical (unpaired) electrons. The molecule has 0 bridgehead atoms. The topological polar surface area (TPSA) is 49.3 Å². The average Bonchev–Trinajstić information content (AvgIpc) is 2.16. The van der Waals surface area contributed by atoms with Crippen LogP contribution in [0.1, 0.15) is 19.3 Å². The van der Waals surface area contributed by atoms with Crippen molar-refractivity contribution >= 4 is 17.7 Å². The molecule has 13 heavy (non-hydrogen) atoms. The fourth-order valence-electron chi connectivity index (χ4n) is 1.77. The minimum atomic E-state index is -0.631. The van der Waals surface area contributed by atoms with Gasteiger partial charge in [-0.05, 0) is 37.8 Å². The van der Waals surface area contributed by atoms with Crippen LogP contribution in [0.15, 0.2) is 0 Å². The van der Waals surface area contributed by atoms with E-state index >= 15 is 0 Å². The number of carboxylic acid groups (broad SMARTS) is 1. The zero-order chi connectivity index (χ0) is 9.73. The Labute approximate surface area is 83.3 Å². The molecule has 2 N–H and O–H groups in total. The monoisotopic (exact) mass is 203 g/mol. The fraction of sp³-hybridized carbons (Fsp3) is 0.889. The Morgan fingerprint density at radius 3 is 2.92 bits per heavy atom. The molecule has 0 aromatic carbocycles. The molecule has 0 spiro atoms. The van der Waals surface area contributed by atoms with Crippen molar-refractivity contribution in [2.75, 3.05) is 25.1 Å². The predicted molar refractivity (Wildman–Crippen MR) is 55.2 cm³/mol. The van der Waals surface area contributed by atoms with Crippen LogP contribution in [0.2, 0.25) is 0 Å². The molecular formula is C9H17NO2S. The summed E-state index contributed by atoms with van der Waals surface area (Å²) in [5.74, 6) is 0.308. The lowest BCUT2D eigenvalue weighted by atomic mass is 9.78. The Morgan fingerprint density at radius 1 is 1.69 bits per heavy atom. The highest BCUT2D eigenvalue weighted by Crippen LogP contribution is 2.31. The van der Waals surface area contributed by atoms with Crippen molar-refractivity contribution in [1.29, 1.82) is 0 Å². The van der Waals surface area contributed by atoms with E-state index in [0.29, 0.717) is 6.54 Å². The summed E-state index contributed by atoms with van der Waals surface area (Å²) in [6, 6.07) is 0. The van der Waals surface area contributed by atoms with Crippen LogP contribution in [0.5, 0.6) is 0 Å². The molecule has 3 nitrogen and oxygen atoms in total. The molecular weight excluding hydrogens is 186 g/mol. The summed E-state index contributed by atoms with van der Waals surface area (Å²) in [7, 11) is 0. The summed E-state index contributed by atoms with van der Waals surface area (Å²) in [5.41, 5.74) is -0.485. The van der Waals surface area contributed by atoms with Crippen LogP contribution in [-0.2, 0) is 4.79 Å². The van der Waals surface area contributed by atoms with Crippen LogP contribution in [0, 0.1) is 5.41 Å². The van der Waals surface area contributed by atoms with Crippen LogP contribution in [0.3, 0.4) is 0 Å². The van der Waals surface area contributed by atoms with Gasteiger partial charge in [0.15, 0.2) is 0 Å². The quantitative estimate of drug-likeness (QED) is 0.720. The Hall–Kier alpha value is -0.220. The van der Waals surface area contributed by atoms with Crippen molar-refractivity contribution in [3.8, 4) is 0 Å². The second-order valence-corrected chi connectivity index (χ2v) is 4.59. The van der Waals surface area contributed by atoms with Gasteiger partial charge >= 0.3 is 5.97 Å². The van der Waals surface area contributed by atoms with E-state index in [4.69, 9.17) is 5.11 Å². The van der Waals surface area contributed by atoms with E-state index in [0.717, 1.165) is 31.6 Å². The SMILES string of the molecule is CSCCC1(C(=O)O)CCCNC1. The summed E-state index contributed by atoms with van der Waals surface area (Å²) in [5, 5.41) is 12.3. The van der Waals surface area contributed by atoms with Crippen molar-refractivity contribution in [3.63, 3.8) is 0 Å². The summed E-state index contributed by atoms with van der Waals surface area (Å²) in [6.07, 6.45) is 4.62. The van der Waals surface area contributed by atoms with Crippen molar-refractivity contribution in [3.05, 3.63) is 0 Å². The number of hydrogen-bond donors (Lipinski definition) is 2. The molecule has 1 rings (SSSR count). The minimum absolute atomic E-state index is 0.485. The van der Waals surface area contributed by atoms with Crippen LogP contribution < -0.4 is 5.32 Å². The van der Waals surface area contributed by atoms with Gasteiger partial charge in [0.2, 0.25) is 0 Å². The van der Waals surface area contributed by atoms with Gasteiger partial charge in [-0.2, -0.15) is 11.8 Å². The minimum Gasteiger partial charge on any atom is -0.481 e. The molecule has 1 heterocycles. The third-order valence-corrected chi connectivity index (χ3v) is 3.32. The first-order valence-corrected chi connectivity index (χ1v) is 6.04. The fourth-order valence-corrected chi connectivity index (χ4v) is 2.36. The van der Waals surface area contributed by atoms with E-state index in [2.05, 4.69) is 5.32 Å². The second-order valence-electron chi connectivity index (χ2n) is 3.61. The van der Waals surface area contributed by atoms with Crippen molar-refractivity contribution in [2.45, 2.75) is 19.3 Å². The Bertz CT molecular complexity index is 178. The smallest absolute Gasteiger partial charge is 0.310 e. The van der Waals surface area contributed by atoms with Crippen LogP contribution in [-0.4, -0.2) is 36.2 Å². The van der Waals surface area contributed by atoms with Crippen LogP contribution >= 0.6 is 11.8 Å². The van der Waals surface area contributed by atoms with Crippen LogP contribution in [0.4, 0.5) is 0 Å². The van der Waals surface area contributed by atoms with Crippen molar-refractivity contribution in [1.82, 2.24) is 5.32 Å². The average molecular weight is 203 g/mol. The molecule has 76 valence electrons. The maximum Gasteiger partial charge on any atom is 0.310 e. The Morgan fingerprint density at radius 2 is 2.46 bits per heavy atom. The molecule has 0 saturated carbocycles. The van der Waals surface area contributed by atoms with E-state index < -0.39 is 11.4 Å². The van der Waals surface area contributed by atoms with E-state index in [9.17, 15) is 4.79 Å². The number of piperidine rings is 1. The highest BCUT2D eigenvalue weighted by atomic mass is 32.2. The largest absolute Gasteiger partial charge is 0.481 e. The van der Waals surface area contributed by atoms with E-state index in [-0.39, 0.29) is 0 Å². The molecule has 1 atom stereocenters. The lowest BCUT2D eigenvalue weighted by Gasteiger charge is -2.33. The Kier molecular flexibility index (Phi) is 4.06. The molecule has 1 unspecified atom stereocenters. The number of hydrogen-bond acceptors (Lipinski definition) is 3. The van der Waals surface area contributed by atoms with Crippen molar-refractivity contribution in [2.24, 2.45) is 5.41 Å². The number of thioether (sulfide) groups is 1. The third-order valence-electron chi connectivity index (χ3n) is 2.71. The Balaban J connectivity index is 2.56. The van der Waals surface area contributed by atoms with Gasteiger partial charge in [-0.3, -0.25) is 4.79 Å². The molecule has 1 saturated heterocycles. The second kappa shape index (κ2) is 4.86. The molecule has 0 aliphatic carbocycles. The zero-order valence-corrected chi connectivity index (χ0v) is 8.82. The maximum atomic E-state index is 11.1. The molecule has 1 aliphatic heterocycles. The molecule has 0 aromatic rings. The maximum absolute atomic E-state index is 11.1. The molecule has 0 aromatic heterocycles. The number of carboxylic acids is 1. The number of carbonyl (C=O) groups is 1. The summed E-state index contributed by atoms with van der Waals surface area (Å²) in [6.45, 7) is 1.61. The number of aliphatic carboxylic acids is 1. The first-order valence-electron chi connectivity index (χ1n) is 4.64. The molecule has 1 aliphatic rings. The molecule has 0 amide bonds. The summed E-state index contributed by atoms with van der Waals surface area (Å²) < 4.78 is 0. The summed E-state index contributed by atoms with van der Waals surface area (Å²) in [4.78, 5) is 11.1. The van der Waals surface area contributed by atoms with Gasteiger partial charge in [-0.25, -0.2) is 0 Å². The molecule has 1 fully saturated rings. The van der Waals surface area contributed by atoms with Gasteiger partial charge in [0.05, 0.1) is 5.41 Å². The van der Waals surface area contributed by atoms with Crippen molar-refractivity contribution < 1.29 is 9.90 Å². The lowest BCUT2D eigenvalue weighted by Crippen LogP contribution is -2.45. The highest BCUT2D eigenvalue weighted by molar-refractivity contribution is 7.98.